The number of oxazole rings is 1. The summed E-state index contributed by atoms with van der Waals surface area (Å²) in [7, 11) is 0. The van der Waals surface area contributed by atoms with Crippen LogP contribution in [-0.2, 0) is 16.0 Å². The summed E-state index contributed by atoms with van der Waals surface area (Å²) in [5, 5.41) is 0. The number of amides is 1. The van der Waals surface area contributed by atoms with Crippen molar-refractivity contribution in [3.8, 4) is 0 Å². The van der Waals surface area contributed by atoms with Gasteiger partial charge in [-0.25, -0.2) is 15.0 Å². The van der Waals surface area contributed by atoms with Gasteiger partial charge in [0, 0.05) is 25.5 Å². The Hall–Kier alpha value is -2.36. The number of nitrogens with zero attached hydrogens (tertiary/aromatic N) is 5. The van der Waals surface area contributed by atoms with Crippen LogP contribution in [0.25, 0.3) is 0 Å². The molecule has 0 aromatic carbocycles. The molecule has 2 saturated heterocycles. The summed E-state index contributed by atoms with van der Waals surface area (Å²) >= 11 is 0. The molecule has 2 aliphatic heterocycles. The van der Waals surface area contributed by atoms with Gasteiger partial charge in [0.05, 0.1) is 38.5 Å². The molecule has 2 aromatic rings. The van der Waals surface area contributed by atoms with Crippen molar-refractivity contribution in [3.63, 3.8) is 0 Å². The van der Waals surface area contributed by atoms with E-state index in [1.165, 1.54) is 6.39 Å². The number of rotatable bonds is 3. The van der Waals surface area contributed by atoms with Crippen LogP contribution in [-0.4, -0.2) is 75.8 Å². The smallest absolute Gasteiger partial charge is 0.291 e. The highest BCUT2D eigenvalue weighted by Crippen LogP contribution is 2.26. The highest BCUT2D eigenvalue weighted by Gasteiger charge is 2.44. The van der Waals surface area contributed by atoms with Crippen molar-refractivity contribution in [1.82, 2.24) is 24.8 Å². The molecule has 0 radical (unpaired) electrons. The molecule has 138 valence electrons. The molecule has 2 aromatic heterocycles. The molecule has 9 heteroatoms. The second kappa shape index (κ2) is 7.10. The van der Waals surface area contributed by atoms with E-state index in [1.807, 2.05) is 0 Å². The number of hydrogen-bond acceptors (Lipinski definition) is 8. The fourth-order valence-corrected chi connectivity index (χ4v) is 3.34. The van der Waals surface area contributed by atoms with E-state index < -0.39 is 5.79 Å². The van der Waals surface area contributed by atoms with E-state index in [0.717, 1.165) is 12.4 Å². The second-order valence-corrected chi connectivity index (χ2v) is 6.48. The Bertz CT molecular complexity index is 764. The number of aromatic nitrogens is 3. The van der Waals surface area contributed by atoms with E-state index in [1.54, 1.807) is 30.3 Å². The molecule has 2 aliphatic rings. The van der Waals surface area contributed by atoms with Crippen molar-refractivity contribution in [1.29, 1.82) is 0 Å². The second-order valence-electron chi connectivity index (χ2n) is 6.48. The first-order valence-corrected chi connectivity index (χ1v) is 8.61. The quantitative estimate of drug-likeness (QED) is 0.781. The lowest BCUT2D eigenvalue weighted by atomic mass is 10.1. The van der Waals surface area contributed by atoms with Crippen molar-refractivity contribution in [3.05, 3.63) is 42.1 Å². The van der Waals surface area contributed by atoms with Gasteiger partial charge >= 0.3 is 0 Å². The third kappa shape index (κ3) is 3.46. The van der Waals surface area contributed by atoms with Gasteiger partial charge in [0.2, 0.25) is 5.76 Å². The highest BCUT2D eigenvalue weighted by molar-refractivity contribution is 5.92. The van der Waals surface area contributed by atoms with Gasteiger partial charge < -0.3 is 18.8 Å². The zero-order valence-electron chi connectivity index (χ0n) is 14.6. The summed E-state index contributed by atoms with van der Waals surface area (Å²) < 4.78 is 17.2. The van der Waals surface area contributed by atoms with Gasteiger partial charge in [0.1, 0.15) is 5.82 Å². The largest absolute Gasteiger partial charge is 0.438 e. The Morgan fingerprint density at radius 3 is 2.65 bits per heavy atom. The van der Waals surface area contributed by atoms with Gasteiger partial charge in [-0.1, -0.05) is 0 Å². The summed E-state index contributed by atoms with van der Waals surface area (Å²) in [4.78, 5) is 29.2. The minimum absolute atomic E-state index is 0.185. The molecule has 26 heavy (non-hydrogen) atoms. The van der Waals surface area contributed by atoms with Crippen LogP contribution in [0.15, 0.2) is 29.3 Å². The molecule has 4 rings (SSSR count). The van der Waals surface area contributed by atoms with Crippen LogP contribution in [0.5, 0.6) is 0 Å². The Balaban J connectivity index is 1.45. The van der Waals surface area contributed by atoms with Gasteiger partial charge in [-0.05, 0) is 13.0 Å². The average Bonchev–Trinajstić information content (AvgIpc) is 3.08. The number of morpholine rings is 2. The van der Waals surface area contributed by atoms with Crippen LogP contribution >= 0.6 is 0 Å². The topological polar surface area (TPSA) is 93.8 Å². The van der Waals surface area contributed by atoms with Gasteiger partial charge in [-0.3, -0.25) is 9.69 Å². The predicted octanol–water partition coefficient (Wildman–Crippen LogP) is 0.474. The number of carbonyl (C=O) groups excluding carboxylic acids is 1. The zero-order valence-corrected chi connectivity index (χ0v) is 14.6. The molecule has 1 atom stereocenters. The molecule has 9 nitrogen and oxygen atoms in total. The van der Waals surface area contributed by atoms with E-state index in [9.17, 15) is 4.79 Å². The molecule has 1 unspecified atom stereocenters. The third-order valence-electron chi connectivity index (χ3n) is 4.61. The number of aryl methyl sites for hydroxylation is 1. The van der Waals surface area contributed by atoms with Crippen LogP contribution < -0.4 is 0 Å². The zero-order chi connectivity index (χ0) is 18.0. The molecular weight excluding hydrogens is 338 g/mol. The lowest BCUT2D eigenvalue weighted by Gasteiger charge is -2.47. The van der Waals surface area contributed by atoms with Crippen LogP contribution in [0.3, 0.4) is 0 Å². The highest BCUT2D eigenvalue weighted by atomic mass is 16.7. The van der Waals surface area contributed by atoms with Crippen LogP contribution in [0.2, 0.25) is 0 Å². The molecule has 0 bridgehead atoms. The first kappa shape index (κ1) is 17.1. The Kier molecular flexibility index (Phi) is 4.66. The van der Waals surface area contributed by atoms with Crippen molar-refractivity contribution in [2.24, 2.45) is 0 Å². The Morgan fingerprint density at radius 1 is 1.15 bits per heavy atom. The van der Waals surface area contributed by atoms with Gasteiger partial charge in [0.25, 0.3) is 5.91 Å². The minimum Gasteiger partial charge on any atom is -0.438 e. The fourth-order valence-electron chi connectivity index (χ4n) is 3.34. The minimum atomic E-state index is -0.838. The first-order valence-electron chi connectivity index (χ1n) is 8.61. The molecule has 4 heterocycles. The van der Waals surface area contributed by atoms with Gasteiger partial charge in [-0.2, -0.15) is 0 Å². The molecule has 1 spiro atoms. The summed E-state index contributed by atoms with van der Waals surface area (Å²) in [5.74, 6) is 0.00210. The van der Waals surface area contributed by atoms with E-state index in [0.29, 0.717) is 45.1 Å². The standard InChI is InChI=1S/C17H21N5O4/c1-13-15(24-12-20-13)16(23)22-6-8-26-17(11-22)10-21(5-7-25-17)9-14-18-3-2-4-19-14/h2-4,12H,5-11H2,1H3. The average molecular weight is 359 g/mol. The van der Waals surface area contributed by atoms with Crippen molar-refractivity contribution in [2.75, 3.05) is 39.4 Å². The van der Waals surface area contributed by atoms with E-state index in [4.69, 9.17) is 13.9 Å². The van der Waals surface area contributed by atoms with Gasteiger partial charge in [0.15, 0.2) is 12.2 Å². The van der Waals surface area contributed by atoms with Crippen LogP contribution in [0, 0.1) is 6.92 Å². The maximum absolute atomic E-state index is 12.7. The SMILES string of the molecule is Cc1ncoc1C(=O)N1CCOC2(CN(Cc3ncccn3)CCO2)C1. The van der Waals surface area contributed by atoms with Crippen LogP contribution in [0.1, 0.15) is 22.1 Å². The third-order valence-corrected chi connectivity index (χ3v) is 4.61. The summed E-state index contributed by atoms with van der Waals surface area (Å²) in [6.07, 6.45) is 4.75. The maximum atomic E-state index is 12.7. The molecule has 1 amide bonds. The van der Waals surface area contributed by atoms with Gasteiger partial charge in [-0.15, -0.1) is 0 Å². The maximum Gasteiger partial charge on any atom is 0.291 e. The van der Waals surface area contributed by atoms with E-state index >= 15 is 0 Å². The summed E-state index contributed by atoms with van der Waals surface area (Å²) in [6.45, 7) is 5.45. The number of hydrogen-bond donors (Lipinski definition) is 0. The molecular formula is C17H21N5O4. The fraction of sp³-hybridized carbons (Fsp3) is 0.529. The normalized spacial score (nSPS) is 24.1. The van der Waals surface area contributed by atoms with Crippen molar-refractivity contribution < 1.29 is 18.7 Å². The van der Waals surface area contributed by atoms with Crippen molar-refractivity contribution in [2.45, 2.75) is 19.3 Å². The number of carbonyl (C=O) groups is 1. The molecule has 0 saturated carbocycles. The first-order chi connectivity index (χ1) is 12.7. The summed E-state index contributed by atoms with van der Waals surface area (Å²) in [5.41, 5.74) is 0.586. The Labute approximate surface area is 150 Å². The van der Waals surface area contributed by atoms with E-state index in [-0.39, 0.29) is 11.7 Å². The summed E-state index contributed by atoms with van der Waals surface area (Å²) in [6, 6.07) is 1.80. The molecule has 2 fully saturated rings. The molecule has 0 N–H and O–H groups in total. The number of ether oxygens (including phenoxy) is 2. The molecule has 0 aliphatic carbocycles. The van der Waals surface area contributed by atoms with E-state index in [2.05, 4.69) is 19.9 Å². The lowest BCUT2D eigenvalue weighted by molar-refractivity contribution is -0.288. The monoisotopic (exact) mass is 359 g/mol. The predicted molar refractivity (Wildman–Crippen MR) is 89.1 cm³/mol. The Morgan fingerprint density at radius 2 is 1.92 bits per heavy atom. The van der Waals surface area contributed by atoms with Crippen LogP contribution in [0.4, 0.5) is 0 Å². The van der Waals surface area contributed by atoms with Crippen molar-refractivity contribution >= 4 is 5.91 Å². The lowest BCUT2D eigenvalue weighted by Crippen LogP contribution is -2.62.